The number of amides is 1. The molecule has 1 aliphatic rings. The van der Waals surface area contributed by atoms with Crippen LogP contribution in [0, 0.1) is 0 Å². The molecular formula is C15H23N3O5S. The van der Waals surface area contributed by atoms with Crippen molar-refractivity contribution in [2.75, 3.05) is 26.0 Å². The molecule has 9 heteroatoms. The summed E-state index contributed by atoms with van der Waals surface area (Å²) in [5, 5.41) is 8.33. The summed E-state index contributed by atoms with van der Waals surface area (Å²) in [5.41, 5.74) is -0.494. The van der Waals surface area contributed by atoms with E-state index in [1.54, 1.807) is 4.90 Å². The van der Waals surface area contributed by atoms with Crippen LogP contribution in [-0.4, -0.2) is 58.7 Å². The zero-order chi connectivity index (χ0) is 17.7. The van der Waals surface area contributed by atoms with Crippen LogP contribution in [0.4, 0.5) is 4.79 Å². The van der Waals surface area contributed by atoms with Crippen LogP contribution < -0.4 is 0 Å². The Morgan fingerprint density at radius 1 is 1.29 bits per heavy atom. The van der Waals surface area contributed by atoms with Crippen LogP contribution in [0.25, 0.3) is 0 Å². The second kappa shape index (κ2) is 7.87. The smallest absolute Gasteiger partial charge is 0.410 e. The number of esters is 1. The molecule has 1 saturated heterocycles. The van der Waals surface area contributed by atoms with Gasteiger partial charge in [0.1, 0.15) is 11.4 Å². The maximum Gasteiger partial charge on any atom is 0.410 e. The van der Waals surface area contributed by atoms with Crippen LogP contribution in [0.2, 0.25) is 0 Å². The van der Waals surface area contributed by atoms with Crippen molar-refractivity contribution < 1.29 is 23.5 Å². The third-order valence-corrected chi connectivity index (χ3v) is 4.25. The van der Waals surface area contributed by atoms with Gasteiger partial charge < -0.3 is 18.8 Å². The molecule has 1 amide bonds. The Morgan fingerprint density at radius 3 is 2.54 bits per heavy atom. The summed E-state index contributed by atoms with van der Waals surface area (Å²) in [7, 11) is 1.33. The summed E-state index contributed by atoms with van der Waals surface area (Å²) < 4.78 is 15.5. The molecule has 0 aromatic carbocycles. The van der Waals surface area contributed by atoms with Crippen molar-refractivity contribution in [3.05, 3.63) is 5.89 Å². The molecule has 0 N–H and O–H groups in total. The molecule has 1 fully saturated rings. The fraction of sp³-hybridized carbons (Fsp3) is 0.733. The van der Waals surface area contributed by atoms with Crippen LogP contribution in [0.1, 0.15) is 45.4 Å². The minimum absolute atomic E-state index is 0.115. The topological polar surface area (TPSA) is 94.8 Å². The highest BCUT2D eigenvalue weighted by Gasteiger charge is 2.29. The van der Waals surface area contributed by atoms with Gasteiger partial charge in [-0.3, -0.25) is 4.79 Å². The van der Waals surface area contributed by atoms with Gasteiger partial charge in [0.05, 0.1) is 7.11 Å². The van der Waals surface area contributed by atoms with Crippen LogP contribution in [0.15, 0.2) is 9.64 Å². The molecule has 134 valence electrons. The number of likely N-dealkylation sites (tertiary alicyclic amines) is 1. The monoisotopic (exact) mass is 357 g/mol. The maximum absolute atomic E-state index is 12.0. The molecule has 0 aliphatic carbocycles. The van der Waals surface area contributed by atoms with Crippen molar-refractivity contribution in [2.24, 2.45) is 0 Å². The Morgan fingerprint density at radius 2 is 1.96 bits per heavy atom. The van der Waals surface area contributed by atoms with Crippen molar-refractivity contribution in [2.45, 2.75) is 50.4 Å². The number of hydrogen-bond acceptors (Lipinski definition) is 8. The summed E-state index contributed by atoms with van der Waals surface area (Å²) in [6.07, 6.45) is 1.19. The third-order valence-electron chi connectivity index (χ3n) is 3.46. The van der Waals surface area contributed by atoms with Gasteiger partial charge in [0, 0.05) is 19.0 Å². The molecule has 8 nitrogen and oxygen atoms in total. The predicted molar refractivity (Wildman–Crippen MR) is 86.8 cm³/mol. The lowest BCUT2D eigenvalue weighted by Gasteiger charge is -2.32. The highest BCUT2D eigenvalue weighted by atomic mass is 32.2. The molecule has 1 aliphatic heterocycles. The first-order chi connectivity index (χ1) is 11.3. The number of thioether (sulfide) groups is 1. The highest BCUT2D eigenvalue weighted by molar-refractivity contribution is 7.99. The van der Waals surface area contributed by atoms with Crippen molar-refractivity contribution >= 4 is 23.8 Å². The maximum atomic E-state index is 12.0. The second-order valence-electron chi connectivity index (χ2n) is 6.51. The molecule has 1 aromatic rings. The van der Waals surface area contributed by atoms with Gasteiger partial charge in [-0.05, 0) is 33.6 Å². The van der Waals surface area contributed by atoms with Crippen molar-refractivity contribution in [3.63, 3.8) is 0 Å². The van der Waals surface area contributed by atoms with E-state index in [9.17, 15) is 9.59 Å². The number of methoxy groups -OCH3 is 1. The molecule has 2 heterocycles. The summed E-state index contributed by atoms with van der Waals surface area (Å²) >= 11 is 1.15. The van der Waals surface area contributed by atoms with Crippen molar-refractivity contribution in [3.8, 4) is 0 Å². The van der Waals surface area contributed by atoms with E-state index in [0.29, 0.717) is 24.2 Å². The minimum Gasteiger partial charge on any atom is -0.468 e. The number of carbonyl (C=O) groups is 2. The zero-order valence-electron chi connectivity index (χ0n) is 14.4. The van der Waals surface area contributed by atoms with E-state index in [2.05, 4.69) is 14.9 Å². The van der Waals surface area contributed by atoms with E-state index in [0.717, 1.165) is 24.6 Å². The zero-order valence-corrected chi connectivity index (χ0v) is 15.2. The van der Waals surface area contributed by atoms with Gasteiger partial charge in [-0.15, -0.1) is 10.2 Å². The number of nitrogens with zero attached hydrogens (tertiary/aromatic N) is 3. The quantitative estimate of drug-likeness (QED) is 0.599. The van der Waals surface area contributed by atoms with Gasteiger partial charge in [0.2, 0.25) is 5.89 Å². The summed E-state index contributed by atoms with van der Waals surface area (Å²) in [5.74, 6) is 0.454. The molecule has 0 unspecified atom stereocenters. The number of ether oxygens (including phenoxy) is 2. The Bertz CT molecular complexity index is 576. The molecule has 2 rings (SSSR count). The van der Waals surface area contributed by atoms with Crippen molar-refractivity contribution in [1.29, 1.82) is 0 Å². The standard InChI is InChI=1S/C15H23N3O5S/c1-15(2,3)23-14(20)18-7-5-10(6-8-18)12-16-17-13(22-12)24-9-11(19)21-4/h10H,5-9H2,1-4H3. The van der Waals surface area contributed by atoms with Crippen LogP contribution in [-0.2, 0) is 14.3 Å². The fourth-order valence-corrected chi connectivity index (χ4v) is 2.86. The Balaban J connectivity index is 1.83. The van der Waals surface area contributed by atoms with E-state index in [4.69, 9.17) is 9.15 Å². The number of aromatic nitrogens is 2. The molecule has 0 bridgehead atoms. The minimum atomic E-state index is -0.494. The first-order valence-electron chi connectivity index (χ1n) is 7.79. The first kappa shape index (κ1) is 18.6. The van der Waals surface area contributed by atoms with Gasteiger partial charge in [0.15, 0.2) is 0 Å². The Hall–Kier alpha value is -1.77. The predicted octanol–water partition coefficient (Wildman–Crippen LogP) is 2.45. The van der Waals surface area contributed by atoms with Crippen LogP contribution >= 0.6 is 11.8 Å². The van der Waals surface area contributed by atoms with E-state index in [-0.39, 0.29) is 23.7 Å². The fourth-order valence-electron chi connectivity index (χ4n) is 2.26. The molecule has 1 aromatic heterocycles. The number of piperidine rings is 1. The Kier molecular flexibility index (Phi) is 6.09. The van der Waals surface area contributed by atoms with Crippen molar-refractivity contribution in [1.82, 2.24) is 15.1 Å². The van der Waals surface area contributed by atoms with E-state index >= 15 is 0 Å². The summed E-state index contributed by atoms with van der Waals surface area (Å²) in [6.45, 7) is 6.73. The molecular weight excluding hydrogens is 334 g/mol. The molecule has 0 saturated carbocycles. The largest absolute Gasteiger partial charge is 0.468 e. The lowest BCUT2D eigenvalue weighted by atomic mass is 9.97. The average molecular weight is 357 g/mol. The number of hydrogen-bond donors (Lipinski definition) is 0. The highest BCUT2D eigenvalue weighted by Crippen LogP contribution is 2.29. The average Bonchev–Trinajstić information content (AvgIpc) is 3.00. The lowest BCUT2D eigenvalue weighted by Crippen LogP contribution is -2.41. The van der Waals surface area contributed by atoms with E-state index < -0.39 is 5.60 Å². The number of rotatable bonds is 4. The summed E-state index contributed by atoms with van der Waals surface area (Å²) in [4.78, 5) is 24.9. The Labute approximate surface area is 145 Å². The number of carbonyl (C=O) groups excluding carboxylic acids is 2. The molecule has 0 atom stereocenters. The van der Waals surface area contributed by atoms with Gasteiger partial charge in [-0.2, -0.15) is 0 Å². The molecule has 24 heavy (non-hydrogen) atoms. The lowest BCUT2D eigenvalue weighted by molar-refractivity contribution is -0.137. The van der Waals surface area contributed by atoms with Gasteiger partial charge in [-0.1, -0.05) is 11.8 Å². The van der Waals surface area contributed by atoms with Crippen LogP contribution in [0.5, 0.6) is 0 Å². The van der Waals surface area contributed by atoms with Gasteiger partial charge in [-0.25, -0.2) is 4.79 Å². The summed E-state index contributed by atoms with van der Waals surface area (Å²) in [6, 6.07) is 0. The van der Waals surface area contributed by atoms with Gasteiger partial charge >= 0.3 is 12.1 Å². The SMILES string of the molecule is COC(=O)CSc1nnc(C2CCN(C(=O)OC(C)(C)C)CC2)o1. The van der Waals surface area contributed by atoms with E-state index in [1.807, 2.05) is 20.8 Å². The molecule has 0 radical (unpaired) electrons. The molecule has 0 spiro atoms. The van der Waals surface area contributed by atoms with Crippen LogP contribution in [0.3, 0.4) is 0 Å². The van der Waals surface area contributed by atoms with Gasteiger partial charge in [0.25, 0.3) is 5.22 Å². The third kappa shape index (κ3) is 5.40. The van der Waals surface area contributed by atoms with E-state index in [1.165, 1.54) is 7.11 Å². The second-order valence-corrected chi connectivity index (χ2v) is 7.44. The first-order valence-corrected chi connectivity index (χ1v) is 8.78. The normalized spacial score (nSPS) is 16.1.